The monoisotopic (exact) mass is 239 g/mol. The van der Waals surface area contributed by atoms with Crippen molar-refractivity contribution in [3.05, 3.63) is 35.4 Å². The number of rotatable bonds is 5. The maximum absolute atomic E-state index is 11.5. The maximum atomic E-state index is 11.5. The summed E-state index contributed by atoms with van der Waals surface area (Å²) >= 11 is 5.75. The first kappa shape index (κ1) is 13.0. The van der Waals surface area contributed by atoms with Gasteiger partial charge in [0.05, 0.1) is 0 Å². The van der Waals surface area contributed by atoms with Gasteiger partial charge in [-0.15, -0.1) is 11.6 Å². The van der Waals surface area contributed by atoms with Gasteiger partial charge in [-0.05, 0) is 31.4 Å². The molecule has 0 bridgehead atoms. The Labute approximate surface area is 102 Å². The van der Waals surface area contributed by atoms with E-state index in [1.54, 1.807) is 0 Å². The highest BCUT2D eigenvalue weighted by Crippen LogP contribution is 2.09. The minimum atomic E-state index is -0.0117. The van der Waals surface area contributed by atoms with E-state index in [0.29, 0.717) is 13.0 Å². The summed E-state index contributed by atoms with van der Waals surface area (Å²) in [6.07, 6.45) is 1.31. The van der Waals surface area contributed by atoms with Crippen molar-refractivity contribution >= 4 is 17.5 Å². The molecule has 0 saturated carbocycles. The molecule has 1 unspecified atom stereocenters. The topological polar surface area (TPSA) is 29.1 Å². The number of aryl methyl sites for hydroxylation is 2. The zero-order valence-electron chi connectivity index (χ0n) is 9.79. The fourth-order valence-corrected chi connectivity index (χ4v) is 1.56. The molecule has 0 saturated heterocycles. The summed E-state index contributed by atoms with van der Waals surface area (Å²) in [4.78, 5) is 11.5. The molecule has 0 aliphatic heterocycles. The van der Waals surface area contributed by atoms with Gasteiger partial charge >= 0.3 is 0 Å². The SMILES string of the molecule is Cc1ccccc1CCC(=O)NCC(C)Cl. The number of amides is 1. The average Bonchev–Trinajstić information content (AvgIpc) is 2.25. The van der Waals surface area contributed by atoms with E-state index in [1.165, 1.54) is 11.1 Å². The Morgan fingerprint density at radius 3 is 2.75 bits per heavy atom. The van der Waals surface area contributed by atoms with Crippen molar-refractivity contribution in [2.24, 2.45) is 0 Å². The van der Waals surface area contributed by atoms with Crippen LogP contribution in [0.2, 0.25) is 0 Å². The molecule has 0 radical (unpaired) electrons. The summed E-state index contributed by atoms with van der Waals surface area (Å²) in [6.45, 7) is 4.46. The molecule has 88 valence electrons. The normalized spacial score (nSPS) is 12.2. The van der Waals surface area contributed by atoms with Crippen molar-refractivity contribution in [2.45, 2.75) is 32.1 Å². The molecule has 1 amide bonds. The van der Waals surface area contributed by atoms with E-state index >= 15 is 0 Å². The van der Waals surface area contributed by atoms with Crippen LogP contribution in [0, 0.1) is 6.92 Å². The molecule has 16 heavy (non-hydrogen) atoms. The predicted octanol–water partition coefficient (Wildman–Crippen LogP) is 2.67. The number of hydrogen-bond acceptors (Lipinski definition) is 1. The van der Waals surface area contributed by atoms with Gasteiger partial charge in [0.2, 0.25) is 5.91 Å². The summed E-state index contributed by atoms with van der Waals surface area (Å²) in [7, 11) is 0. The highest BCUT2D eigenvalue weighted by molar-refractivity contribution is 6.20. The predicted molar refractivity (Wildman–Crippen MR) is 67.8 cm³/mol. The molecule has 2 nitrogen and oxygen atoms in total. The molecule has 0 aliphatic rings. The van der Waals surface area contributed by atoms with E-state index in [2.05, 4.69) is 24.4 Å². The van der Waals surface area contributed by atoms with Crippen molar-refractivity contribution in [3.63, 3.8) is 0 Å². The van der Waals surface area contributed by atoms with E-state index in [0.717, 1.165) is 6.42 Å². The molecule has 1 aromatic carbocycles. The molecule has 0 spiro atoms. The van der Waals surface area contributed by atoms with E-state index in [-0.39, 0.29) is 11.3 Å². The van der Waals surface area contributed by atoms with Crippen LogP contribution >= 0.6 is 11.6 Å². The van der Waals surface area contributed by atoms with Gasteiger partial charge < -0.3 is 5.32 Å². The minimum absolute atomic E-state index is 0.0117. The van der Waals surface area contributed by atoms with E-state index in [1.807, 2.05) is 19.1 Å². The lowest BCUT2D eigenvalue weighted by Crippen LogP contribution is -2.28. The lowest BCUT2D eigenvalue weighted by atomic mass is 10.0. The quantitative estimate of drug-likeness (QED) is 0.787. The summed E-state index contributed by atoms with van der Waals surface area (Å²) in [5, 5.41) is 2.79. The summed E-state index contributed by atoms with van der Waals surface area (Å²) in [5.41, 5.74) is 2.47. The molecule has 1 atom stereocenters. The number of benzene rings is 1. The Morgan fingerprint density at radius 1 is 1.44 bits per heavy atom. The number of nitrogens with one attached hydrogen (secondary N) is 1. The van der Waals surface area contributed by atoms with Crippen LogP contribution in [0.5, 0.6) is 0 Å². The number of carbonyl (C=O) groups is 1. The molecule has 0 aliphatic carbocycles. The summed E-state index contributed by atoms with van der Waals surface area (Å²) in [5.74, 6) is 0.0655. The van der Waals surface area contributed by atoms with E-state index < -0.39 is 0 Å². The van der Waals surface area contributed by atoms with Crippen LogP contribution in [0.3, 0.4) is 0 Å². The van der Waals surface area contributed by atoms with Crippen LogP contribution in [-0.4, -0.2) is 17.8 Å². The third kappa shape index (κ3) is 4.67. The summed E-state index contributed by atoms with van der Waals surface area (Å²) in [6, 6.07) is 8.13. The third-order valence-electron chi connectivity index (χ3n) is 2.46. The standard InChI is InChI=1S/C13H18ClNO/c1-10-5-3-4-6-12(10)7-8-13(16)15-9-11(2)14/h3-6,11H,7-9H2,1-2H3,(H,15,16). The molecule has 1 rings (SSSR count). The van der Waals surface area contributed by atoms with Crippen molar-refractivity contribution in [1.29, 1.82) is 0 Å². The fraction of sp³-hybridized carbons (Fsp3) is 0.462. The molecule has 3 heteroatoms. The van der Waals surface area contributed by atoms with Gasteiger partial charge in [-0.2, -0.15) is 0 Å². The first-order valence-corrected chi connectivity index (χ1v) is 5.98. The van der Waals surface area contributed by atoms with Gasteiger partial charge in [0.25, 0.3) is 0 Å². The smallest absolute Gasteiger partial charge is 0.220 e. The Kier molecular flexibility index (Phi) is 5.33. The Morgan fingerprint density at radius 2 is 2.12 bits per heavy atom. The first-order chi connectivity index (χ1) is 7.59. The zero-order valence-corrected chi connectivity index (χ0v) is 10.6. The van der Waals surface area contributed by atoms with Crippen LogP contribution in [0.25, 0.3) is 0 Å². The number of hydrogen-bond donors (Lipinski definition) is 1. The third-order valence-corrected chi connectivity index (χ3v) is 2.62. The van der Waals surface area contributed by atoms with E-state index in [9.17, 15) is 4.79 Å². The lowest BCUT2D eigenvalue weighted by Gasteiger charge is -2.07. The van der Waals surface area contributed by atoms with Crippen molar-refractivity contribution in [3.8, 4) is 0 Å². The van der Waals surface area contributed by atoms with E-state index in [4.69, 9.17) is 11.6 Å². The van der Waals surface area contributed by atoms with Crippen molar-refractivity contribution in [2.75, 3.05) is 6.54 Å². The molecule has 0 heterocycles. The Bertz CT molecular complexity index is 350. The number of carbonyl (C=O) groups excluding carboxylic acids is 1. The summed E-state index contributed by atoms with van der Waals surface area (Å²) < 4.78 is 0. The van der Waals surface area contributed by atoms with Crippen molar-refractivity contribution < 1.29 is 4.79 Å². The Hall–Kier alpha value is -1.02. The molecule has 1 aromatic rings. The highest BCUT2D eigenvalue weighted by atomic mass is 35.5. The van der Waals surface area contributed by atoms with Crippen LogP contribution in [0.4, 0.5) is 0 Å². The molecular weight excluding hydrogens is 222 g/mol. The average molecular weight is 240 g/mol. The maximum Gasteiger partial charge on any atom is 0.220 e. The molecule has 0 fully saturated rings. The van der Waals surface area contributed by atoms with Crippen molar-refractivity contribution in [1.82, 2.24) is 5.32 Å². The van der Waals surface area contributed by atoms with Gasteiger partial charge in [-0.1, -0.05) is 24.3 Å². The second-order valence-electron chi connectivity index (χ2n) is 4.01. The Balaban J connectivity index is 2.35. The molecule has 1 N–H and O–H groups in total. The van der Waals surface area contributed by atoms with Gasteiger partial charge in [0.1, 0.15) is 0 Å². The van der Waals surface area contributed by atoms with Gasteiger partial charge in [-0.3, -0.25) is 4.79 Å². The second kappa shape index (κ2) is 6.54. The number of alkyl halides is 1. The number of halogens is 1. The first-order valence-electron chi connectivity index (χ1n) is 5.55. The fourth-order valence-electron chi connectivity index (χ4n) is 1.48. The molecule has 0 aromatic heterocycles. The van der Waals surface area contributed by atoms with Gasteiger partial charge in [0, 0.05) is 18.3 Å². The zero-order chi connectivity index (χ0) is 12.0. The highest BCUT2D eigenvalue weighted by Gasteiger charge is 2.04. The van der Waals surface area contributed by atoms with Gasteiger partial charge in [0.15, 0.2) is 0 Å². The van der Waals surface area contributed by atoms with Crippen LogP contribution in [0.1, 0.15) is 24.5 Å². The van der Waals surface area contributed by atoms with Crippen LogP contribution < -0.4 is 5.32 Å². The lowest BCUT2D eigenvalue weighted by molar-refractivity contribution is -0.121. The van der Waals surface area contributed by atoms with Crippen LogP contribution in [-0.2, 0) is 11.2 Å². The minimum Gasteiger partial charge on any atom is -0.355 e. The second-order valence-corrected chi connectivity index (χ2v) is 4.76. The van der Waals surface area contributed by atoms with Gasteiger partial charge in [-0.25, -0.2) is 0 Å². The largest absolute Gasteiger partial charge is 0.355 e. The molecular formula is C13H18ClNO. The van der Waals surface area contributed by atoms with Crippen LogP contribution in [0.15, 0.2) is 24.3 Å².